The molecule has 0 bridgehead atoms. The number of halogens is 1. The van der Waals surface area contributed by atoms with Gasteiger partial charge in [-0.2, -0.15) is 0 Å². The first-order chi connectivity index (χ1) is 8.15. The first kappa shape index (κ1) is 17.7. The van der Waals surface area contributed by atoms with Gasteiger partial charge >= 0.3 is 0 Å². The minimum atomic E-state index is 0. The van der Waals surface area contributed by atoms with Gasteiger partial charge in [0.25, 0.3) is 0 Å². The summed E-state index contributed by atoms with van der Waals surface area (Å²) in [5.41, 5.74) is 0. The molecule has 3 nitrogen and oxygen atoms in total. The van der Waals surface area contributed by atoms with Crippen molar-refractivity contribution in [2.45, 2.75) is 58.4 Å². The van der Waals surface area contributed by atoms with E-state index in [0.717, 1.165) is 25.9 Å². The Kier molecular flexibility index (Phi) is 9.47. The third kappa shape index (κ3) is 6.05. The van der Waals surface area contributed by atoms with Crippen molar-refractivity contribution in [1.82, 2.24) is 10.2 Å². The number of amides is 1. The number of carbonyl (C=O) groups excluding carboxylic acids is 1. The standard InChI is InChI=1S/C14H28N2O.ClH/c1-12(2)11-13-7-4-5-10-16(13)14(17)8-6-9-15-3;/h12-13,15H,4-11H2,1-3H3;1H. The fourth-order valence-corrected chi connectivity index (χ4v) is 2.68. The second-order valence-electron chi connectivity index (χ2n) is 5.57. The highest BCUT2D eigenvalue weighted by atomic mass is 35.5. The highest BCUT2D eigenvalue weighted by Gasteiger charge is 2.26. The number of nitrogens with zero attached hydrogens (tertiary/aromatic N) is 1. The fourth-order valence-electron chi connectivity index (χ4n) is 2.68. The summed E-state index contributed by atoms with van der Waals surface area (Å²) in [7, 11) is 1.94. The molecule has 18 heavy (non-hydrogen) atoms. The first-order valence-electron chi connectivity index (χ1n) is 7.09. The molecule has 0 saturated carbocycles. The molecule has 1 aliphatic heterocycles. The summed E-state index contributed by atoms with van der Waals surface area (Å²) >= 11 is 0. The summed E-state index contributed by atoms with van der Waals surface area (Å²) in [6.45, 7) is 6.42. The van der Waals surface area contributed by atoms with Gasteiger partial charge in [0, 0.05) is 19.0 Å². The van der Waals surface area contributed by atoms with Gasteiger partial charge in [-0.3, -0.25) is 4.79 Å². The summed E-state index contributed by atoms with van der Waals surface area (Å²) in [6.07, 6.45) is 6.51. The van der Waals surface area contributed by atoms with Gasteiger partial charge in [-0.1, -0.05) is 13.8 Å². The predicted octanol–water partition coefficient (Wildman–Crippen LogP) is 2.84. The van der Waals surface area contributed by atoms with Crippen LogP contribution in [0.4, 0.5) is 0 Å². The van der Waals surface area contributed by atoms with Crippen molar-refractivity contribution in [3.63, 3.8) is 0 Å². The Morgan fingerprint density at radius 2 is 2.11 bits per heavy atom. The first-order valence-corrected chi connectivity index (χ1v) is 7.09. The summed E-state index contributed by atoms with van der Waals surface area (Å²) < 4.78 is 0. The third-order valence-electron chi connectivity index (χ3n) is 3.51. The maximum absolute atomic E-state index is 12.2. The SMILES string of the molecule is CNCCCC(=O)N1CCCCC1CC(C)C.Cl. The Morgan fingerprint density at radius 3 is 2.72 bits per heavy atom. The molecule has 0 radical (unpaired) electrons. The van der Waals surface area contributed by atoms with Crippen LogP contribution in [-0.2, 0) is 4.79 Å². The van der Waals surface area contributed by atoms with Gasteiger partial charge in [0.2, 0.25) is 5.91 Å². The van der Waals surface area contributed by atoms with Gasteiger partial charge in [0.05, 0.1) is 0 Å². The smallest absolute Gasteiger partial charge is 0.222 e. The Hall–Kier alpha value is -0.280. The number of rotatable bonds is 6. The van der Waals surface area contributed by atoms with E-state index in [-0.39, 0.29) is 12.4 Å². The number of carbonyl (C=O) groups is 1. The second-order valence-corrected chi connectivity index (χ2v) is 5.57. The molecule has 4 heteroatoms. The van der Waals surface area contributed by atoms with Crippen LogP contribution in [-0.4, -0.2) is 37.0 Å². The zero-order valence-corrected chi connectivity index (χ0v) is 12.9. The number of piperidine rings is 1. The topological polar surface area (TPSA) is 32.3 Å². The van der Waals surface area contributed by atoms with Crippen LogP contribution in [0.25, 0.3) is 0 Å². The zero-order valence-electron chi connectivity index (χ0n) is 12.1. The highest BCUT2D eigenvalue weighted by molar-refractivity contribution is 5.85. The lowest BCUT2D eigenvalue weighted by Gasteiger charge is -2.37. The van der Waals surface area contributed by atoms with Crippen LogP contribution in [0.3, 0.4) is 0 Å². The van der Waals surface area contributed by atoms with Gasteiger partial charge < -0.3 is 10.2 Å². The molecule has 1 heterocycles. The normalized spacial score (nSPS) is 19.8. The van der Waals surface area contributed by atoms with Gasteiger partial charge in [0.1, 0.15) is 0 Å². The van der Waals surface area contributed by atoms with Crippen molar-refractivity contribution in [2.75, 3.05) is 20.1 Å². The van der Waals surface area contributed by atoms with Crippen molar-refractivity contribution in [3.05, 3.63) is 0 Å². The fraction of sp³-hybridized carbons (Fsp3) is 0.929. The van der Waals surface area contributed by atoms with Crippen molar-refractivity contribution in [2.24, 2.45) is 5.92 Å². The van der Waals surface area contributed by atoms with Crippen molar-refractivity contribution < 1.29 is 4.79 Å². The summed E-state index contributed by atoms with van der Waals surface area (Å²) in [4.78, 5) is 14.3. The van der Waals surface area contributed by atoms with E-state index < -0.39 is 0 Å². The zero-order chi connectivity index (χ0) is 12.7. The Balaban J connectivity index is 0.00000289. The van der Waals surface area contributed by atoms with Crippen LogP contribution in [0.2, 0.25) is 0 Å². The van der Waals surface area contributed by atoms with Crippen molar-refractivity contribution in [1.29, 1.82) is 0 Å². The molecule has 0 spiro atoms. The molecule has 1 fully saturated rings. The molecule has 1 N–H and O–H groups in total. The van der Waals surface area contributed by atoms with Crippen molar-refractivity contribution >= 4 is 18.3 Å². The molecule has 0 aromatic carbocycles. The molecule has 1 atom stereocenters. The van der Waals surface area contributed by atoms with Crippen LogP contribution >= 0.6 is 12.4 Å². The average Bonchev–Trinajstić information content (AvgIpc) is 2.29. The molecule has 0 aromatic heterocycles. The lowest BCUT2D eigenvalue weighted by molar-refractivity contribution is -0.135. The van der Waals surface area contributed by atoms with E-state index in [4.69, 9.17) is 0 Å². The average molecular weight is 277 g/mol. The van der Waals surface area contributed by atoms with E-state index in [1.165, 1.54) is 19.3 Å². The molecule has 1 amide bonds. The Morgan fingerprint density at radius 1 is 1.39 bits per heavy atom. The number of hydrogen-bond acceptors (Lipinski definition) is 2. The van der Waals surface area contributed by atoms with Gasteiger partial charge in [-0.05, 0) is 51.6 Å². The van der Waals surface area contributed by atoms with Gasteiger partial charge in [0.15, 0.2) is 0 Å². The van der Waals surface area contributed by atoms with Crippen LogP contribution < -0.4 is 5.32 Å². The van der Waals surface area contributed by atoms with Crippen LogP contribution in [0.15, 0.2) is 0 Å². The molecular weight excluding hydrogens is 248 g/mol. The van der Waals surface area contributed by atoms with Gasteiger partial charge in [-0.25, -0.2) is 0 Å². The molecule has 1 saturated heterocycles. The maximum Gasteiger partial charge on any atom is 0.222 e. The van der Waals surface area contributed by atoms with E-state index >= 15 is 0 Å². The maximum atomic E-state index is 12.2. The minimum absolute atomic E-state index is 0. The van der Waals surface area contributed by atoms with Crippen LogP contribution in [0.5, 0.6) is 0 Å². The number of likely N-dealkylation sites (tertiary alicyclic amines) is 1. The van der Waals surface area contributed by atoms with E-state index in [9.17, 15) is 4.79 Å². The molecule has 0 aliphatic carbocycles. The van der Waals surface area contributed by atoms with E-state index in [1.807, 2.05) is 7.05 Å². The quantitative estimate of drug-likeness (QED) is 0.757. The highest BCUT2D eigenvalue weighted by Crippen LogP contribution is 2.23. The van der Waals surface area contributed by atoms with Crippen LogP contribution in [0, 0.1) is 5.92 Å². The minimum Gasteiger partial charge on any atom is -0.340 e. The molecule has 1 rings (SSSR count). The van der Waals surface area contributed by atoms with Crippen LogP contribution in [0.1, 0.15) is 52.4 Å². The monoisotopic (exact) mass is 276 g/mol. The number of hydrogen-bond donors (Lipinski definition) is 1. The third-order valence-corrected chi connectivity index (χ3v) is 3.51. The molecule has 108 valence electrons. The molecular formula is C14H29ClN2O. The van der Waals surface area contributed by atoms with Crippen molar-refractivity contribution in [3.8, 4) is 0 Å². The molecule has 1 aliphatic rings. The molecule has 1 unspecified atom stereocenters. The largest absolute Gasteiger partial charge is 0.340 e. The predicted molar refractivity (Wildman–Crippen MR) is 79.2 cm³/mol. The second kappa shape index (κ2) is 9.62. The Bertz CT molecular complexity index is 234. The lowest BCUT2D eigenvalue weighted by Crippen LogP contribution is -2.44. The molecule has 0 aromatic rings. The van der Waals surface area contributed by atoms with E-state index in [2.05, 4.69) is 24.1 Å². The lowest BCUT2D eigenvalue weighted by atomic mass is 9.93. The summed E-state index contributed by atoms with van der Waals surface area (Å²) in [6, 6.07) is 0.505. The Labute approximate surface area is 118 Å². The number of nitrogens with one attached hydrogen (secondary N) is 1. The summed E-state index contributed by atoms with van der Waals surface area (Å²) in [5.74, 6) is 1.05. The van der Waals surface area contributed by atoms with E-state index in [0.29, 0.717) is 24.3 Å². The summed E-state index contributed by atoms with van der Waals surface area (Å²) in [5, 5.41) is 3.10. The van der Waals surface area contributed by atoms with Gasteiger partial charge in [-0.15, -0.1) is 12.4 Å². The van der Waals surface area contributed by atoms with E-state index in [1.54, 1.807) is 0 Å².